The van der Waals surface area contributed by atoms with Crippen molar-refractivity contribution in [3.63, 3.8) is 0 Å². The van der Waals surface area contributed by atoms with Crippen LogP contribution < -0.4 is 5.32 Å². The minimum atomic E-state index is -0.386. The number of nitrogens with zero attached hydrogens (tertiary/aromatic N) is 3. The SMILES string of the molecule is CN(C)C(=O)CCNC(=O)C1=NN(Cc2ccc(F)cc2)C(=O)CC1. The van der Waals surface area contributed by atoms with Crippen molar-refractivity contribution in [3.8, 4) is 0 Å². The standard InChI is InChI=1S/C17H21FN4O3/c1-21(2)15(23)9-10-19-17(25)14-7-8-16(24)22(20-14)11-12-3-5-13(18)6-4-12/h3-6H,7-11H2,1-2H3,(H,19,25). The molecule has 134 valence electrons. The van der Waals surface area contributed by atoms with Crippen LogP contribution in [-0.4, -0.2) is 54.0 Å². The number of hydrazone groups is 1. The molecule has 1 aromatic rings. The molecule has 0 saturated heterocycles. The van der Waals surface area contributed by atoms with Gasteiger partial charge in [-0.05, 0) is 17.7 Å². The van der Waals surface area contributed by atoms with Crippen molar-refractivity contribution in [3.05, 3.63) is 35.6 Å². The summed E-state index contributed by atoms with van der Waals surface area (Å²) in [6.07, 6.45) is 0.639. The third-order valence-electron chi connectivity index (χ3n) is 3.74. The van der Waals surface area contributed by atoms with E-state index in [2.05, 4.69) is 10.4 Å². The lowest BCUT2D eigenvalue weighted by molar-refractivity contribution is -0.132. The van der Waals surface area contributed by atoms with Crippen molar-refractivity contribution >= 4 is 23.4 Å². The van der Waals surface area contributed by atoms with Crippen LogP contribution in [0.2, 0.25) is 0 Å². The van der Waals surface area contributed by atoms with Crippen LogP contribution in [0.1, 0.15) is 24.8 Å². The zero-order chi connectivity index (χ0) is 18.4. The van der Waals surface area contributed by atoms with Crippen molar-refractivity contribution in [1.29, 1.82) is 0 Å². The van der Waals surface area contributed by atoms with Crippen LogP contribution in [0.25, 0.3) is 0 Å². The lowest BCUT2D eigenvalue weighted by atomic mass is 10.1. The van der Waals surface area contributed by atoms with Gasteiger partial charge >= 0.3 is 0 Å². The number of halogens is 1. The number of nitrogens with one attached hydrogen (secondary N) is 1. The molecule has 3 amide bonds. The molecular weight excluding hydrogens is 327 g/mol. The average Bonchev–Trinajstić information content (AvgIpc) is 2.58. The molecule has 0 saturated carbocycles. The van der Waals surface area contributed by atoms with Crippen LogP contribution in [0.15, 0.2) is 29.4 Å². The van der Waals surface area contributed by atoms with Crippen LogP contribution in [0.5, 0.6) is 0 Å². The van der Waals surface area contributed by atoms with Gasteiger partial charge in [0.2, 0.25) is 11.8 Å². The van der Waals surface area contributed by atoms with Gasteiger partial charge < -0.3 is 10.2 Å². The van der Waals surface area contributed by atoms with Gasteiger partial charge in [0.15, 0.2) is 0 Å². The predicted molar refractivity (Wildman–Crippen MR) is 89.9 cm³/mol. The Hall–Kier alpha value is -2.77. The van der Waals surface area contributed by atoms with Gasteiger partial charge in [-0.1, -0.05) is 12.1 Å². The Kier molecular flexibility index (Phi) is 6.21. The molecule has 7 nitrogen and oxygen atoms in total. The van der Waals surface area contributed by atoms with Crippen LogP contribution in [-0.2, 0) is 20.9 Å². The number of hydrogen-bond donors (Lipinski definition) is 1. The zero-order valence-electron chi connectivity index (χ0n) is 14.3. The molecule has 0 atom stereocenters. The summed E-state index contributed by atoms with van der Waals surface area (Å²) >= 11 is 0. The third-order valence-corrected chi connectivity index (χ3v) is 3.74. The van der Waals surface area contributed by atoms with E-state index in [1.807, 2.05) is 0 Å². The van der Waals surface area contributed by atoms with Crippen LogP contribution in [0.3, 0.4) is 0 Å². The summed E-state index contributed by atoms with van der Waals surface area (Å²) in [5, 5.41) is 7.97. The summed E-state index contributed by atoms with van der Waals surface area (Å²) in [5.41, 5.74) is 0.968. The Bertz CT molecular complexity index is 686. The maximum atomic E-state index is 12.9. The number of rotatable bonds is 6. The number of hydrogen-bond acceptors (Lipinski definition) is 4. The number of carbonyl (C=O) groups is 3. The van der Waals surface area contributed by atoms with E-state index in [1.165, 1.54) is 22.0 Å². The molecule has 1 heterocycles. The van der Waals surface area contributed by atoms with Gasteiger partial charge in [-0.15, -0.1) is 0 Å². The first-order chi connectivity index (χ1) is 11.9. The summed E-state index contributed by atoms with van der Waals surface area (Å²) in [5.74, 6) is -1.02. The second kappa shape index (κ2) is 8.36. The monoisotopic (exact) mass is 348 g/mol. The molecule has 2 rings (SSSR count). The van der Waals surface area contributed by atoms with Gasteiger partial charge in [-0.25, -0.2) is 9.40 Å². The van der Waals surface area contributed by atoms with Crippen molar-refractivity contribution in [2.24, 2.45) is 5.10 Å². The van der Waals surface area contributed by atoms with E-state index >= 15 is 0 Å². The van der Waals surface area contributed by atoms with Gasteiger partial charge in [0.25, 0.3) is 5.91 Å². The Morgan fingerprint density at radius 1 is 1.24 bits per heavy atom. The minimum absolute atomic E-state index is 0.0843. The second-order valence-corrected chi connectivity index (χ2v) is 5.92. The Morgan fingerprint density at radius 3 is 2.56 bits per heavy atom. The molecule has 1 aliphatic rings. The summed E-state index contributed by atoms with van der Waals surface area (Å²) in [6, 6.07) is 5.75. The first-order valence-electron chi connectivity index (χ1n) is 7.97. The molecule has 0 aromatic heterocycles. The molecule has 0 spiro atoms. The third kappa shape index (κ3) is 5.37. The lowest BCUT2D eigenvalue weighted by Crippen LogP contribution is -2.39. The summed E-state index contributed by atoms with van der Waals surface area (Å²) in [6.45, 7) is 0.385. The van der Waals surface area contributed by atoms with Gasteiger partial charge in [-0.2, -0.15) is 5.10 Å². The van der Waals surface area contributed by atoms with E-state index in [9.17, 15) is 18.8 Å². The van der Waals surface area contributed by atoms with E-state index in [-0.39, 0.29) is 61.6 Å². The second-order valence-electron chi connectivity index (χ2n) is 5.92. The Balaban J connectivity index is 1.95. The summed E-state index contributed by atoms with van der Waals surface area (Å²) in [4.78, 5) is 37.1. The van der Waals surface area contributed by atoms with Crippen molar-refractivity contribution in [2.45, 2.75) is 25.8 Å². The molecule has 0 fully saturated rings. The van der Waals surface area contributed by atoms with Gasteiger partial charge in [0.05, 0.1) is 6.54 Å². The molecule has 0 radical (unpaired) electrons. The maximum Gasteiger partial charge on any atom is 0.267 e. The Labute approximate surface area is 145 Å². The van der Waals surface area contributed by atoms with Gasteiger partial charge in [-0.3, -0.25) is 14.4 Å². The topological polar surface area (TPSA) is 82.1 Å². The number of benzene rings is 1. The minimum Gasteiger partial charge on any atom is -0.350 e. The maximum absolute atomic E-state index is 12.9. The van der Waals surface area contributed by atoms with Crippen LogP contribution in [0.4, 0.5) is 4.39 Å². The molecule has 8 heteroatoms. The normalized spacial score (nSPS) is 14.1. The summed E-state index contributed by atoms with van der Waals surface area (Å²) in [7, 11) is 3.29. The predicted octanol–water partition coefficient (Wildman–Crippen LogP) is 0.899. The molecule has 1 N–H and O–H groups in total. The highest BCUT2D eigenvalue weighted by atomic mass is 19.1. The highest BCUT2D eigenvalue weighted by Gasteiger charge is 2.24. The van der Waals surface area contributed by atoms with Crippen molar-refractivity contribution in [2.75, 3.05) is 20.6 Å². The van der Waals surface area contributed by atoms with Crippen LogP contribution >= 0.6 is 0 Å². The van der Waals surface area contributed by atoms with E-state index in [0.29, 0.717) is 0 Å². The molecule has 1 aromatic carbocycles. The van der Waals surface area contributed by atoms with E-state index in [4.69, 9.17) is 0 Å². The van der Waals surface area contributed by atoms with Crippen molar-refractivity contribution in [1.82, 2.24) is 15.2 Å². The van der Waals surface area contributed by atoms with Crippen molar-refractivity contribution < 1.29 is 18.8 Å². The number of carbonyl (C=O) groups excluding carboxylic acids is 3. The number of amides is 3. The quantitative estimate of drug-likeness (QED) is 0.829. The van der Waals surface area contributed by atoms with E-state index < -0.39 is 0 Å². The molecule has 1 aliphatic heterocycles. The molecule has 0 unspecified atom stereocenters. The highest BCUT2D eigenvalue weighted by Crippen LogP contribution is 2.14. The highest BCUT2D eigenvalue weighted by molar-refractivity contribution is 6.39. The fourth-order valence-electron chi connectivity index (χ4n) is 2.26. The average molecular weight is 348 g/mol. The first kappa shape index (κ1) is 18.6. The first-order valence-corrected chi connectivity index (χ1v) is 7.97. The molecule has 0 bridgehead atoms. The largest absolute Gasteiger partial charge is 0.350 e. The summed E-state index contributed by atoms with van der Waals surface area (Å²) < 4.78 is 12.9. The fraction of sp³-hybridized carbons (Fsp3) is 0.412. The lowest BCUT2D eigenvalue weighted by Gasteiger charge is -2.23. The molecule has 25 heavy (non-hydrogen) atoms. The van der Waals surface area contributed by atoms with Gasteiger partial charge in [0.1, 0.15) is 11.5 Å². The zero-order valence-corrected chi connectivity index (χ0v) is 14.3. The fourth-order valence-corrected chi connectivity index (χ4v) is 2.26. The van der Waals surface area contributed by atoms with E-state index in [0.717, 1.165) is 5.56 Å². The van der Waals surface area contributed by atoms with E-state index in [1.54, 1.807) is 26.2 Å². The van der Waals surface area contributed by atoms with Gasteiger partial charge in [0, 0.05) is 39.9 Å². The molecule has 0 aliphatic carbocycles. The van der Waals surface area contributed by atoms with Crippen LogP contribution in [0, 0.1) is 5.82 Å². The Morgan fingerprint density at radius 2 is 1.92 bits per heavy atom. The molecular formula is C17H21FN4O3. The smallest absolute Gasteiger partial charge is 0.267 e.